The molecular weight excluding hydrogens is 497 g/mol. The number of hydrogen-bond acceptors (Lipinski definition) is 4. The lowest BCUT2D eigenvalue weighted by Gasteiger charge is -2.13. The van der Waals surface area contributed by atoms with E-state index in [4.69, 9.17) is 4.74 Å². The number of nitrogens with one attached hydrogen (secondary N) is 2. The Hall–Kier alpha value is -4.64. The summed E-state index contributed by atoms with van der Waals surface area (Å²) < 4.78 is 49.3. The second-order valence-corrected chi connectivity index (χ2v) is 8.47. The SMILES string of the molecule is COCc1nn(-c2ccccc2)c(NC(=O)Nc2c(-c3ccccc3)nc3c(C(F)(F)F)cccn23)c1C. The van der Waals surface area contributed by atoms with Crippen LogP contribution in [0.1, 0.15) is 16.8 Å². The van der Waals surface area contributed by atoms with Crippen LogP contribution in [-0.4, -0.2) is 32.3 Å². The number of urea groups is 1. The Bertz CT molecular complexity index is 1590. The number of amides is 2. The van der Waals surface area contributed by atoms with Gasteiger partial charge in [0.1, 0.15) is 17.3 Å². The summed E-state index contributed by atoms with van der Waals surface area (Å²) >= 11 is 0. The number of carbonyl (C=O) groups excluding carboxylic acids is 1. The maximum atomic E-state index is 13.8. The standard InChI is InChI=1S/C27H23F3N6O2/c1-17-21(16-38-2)34-36(19-12-7-4-8-13-19)23(17)32-26(37)33-25-22(18-10-5-3-6-11-18)31-24-20(27(28,29)30)14-9-15-35(24)25/h3-15H,16H2,1-2H3,(H2,32,33,37). The summed E-state index contributed by atoms with van der Waals surface area (Å²) in [5.74, 6) is 0.488. The Labute approximate surface area is 215 Å². The van der Waals surface area contributed by atoms with Crippen LogP contribution in [0.2, 0.25) is 0 Å². The van der Waals surface area contributed by atoms with Crippen LogP contribution in [0.5, 0.6) is 0 Å². The summed E-state index contributed by atoms with van der Waals surface area (Å²) in [6.07, 6.45) is -3.20. The summed E-state index contributed by atoms with van der Waals surface area (Å²) in [4.78, 5) is 17.6. The molecule has 0 aliphatic rings. The Balaban J connectivity index is 1.57. The number of ether oxygens (including phenoxy) is 1. The third-order valence-electron chi connectivity index (χ3n) is 5.97. The summed E-state index contributed by atoms with van der Waals surface area (Å²) in [5.41, 5.74) is 1.55. The van der Waals surface area contributed by atoms with E-state index in [1.165, 1.54) is 16.7 Å². The second-order valence-electron chi connectivity index (χ2n) is 8.47. The van der Waals surface area contributed by atoms with Crippen molar-refractivity contribution in [2.45, 2.75) is 19.7 Å². The average molecular weight is 521 g/mol. The van der Waals surface area contributed by atoms with E-state index in [0.717, 1.165) is 6.07 Å². The summed E-state index contributed by atoms with van der Waals surface area (Å²) in [5, 5.41) is 10.1. The van der Waals surface area contributed by atoms with Crippen LogP contribution >= 0.6 is 0 Å². The summed E-state index contributed by atoms with van der Waals surface area (Å²) in [6, 6.07) is 19.5. The van der Waals surface area contributed by atoms with Crippen LogP contribution in [0.15, 0.2) is 79.0 Å². The first-order valence-electron chi connectivity index (χ1n) is 11.6. The lowest BCUT2D eigenvalue weighted by atomic mass is 10.1. The first-order valence-corrected chi connectivity index (χ1v) is 11.6. The number of fused-ring (bicyclic) bond motifs is 1. The Morgan fingerprint density at radius 3 is 2.26 bits per heavy atom. The fourth-order valence-electron chi connectivity index (χ4n) is 4.17. The van der Waals surface area contributed by atoms with E-state index in [9.17, 15) is 18.0 Å². The predicted molar refractivity (Wildman–Crippen MR) is 137 cm³/mol. The summed E-state index contributed by atoms with van der Waals surface area (Å²) in [7, 11) is 1.55. The molecule has 2 N–H and O–H groups in total. The maximum Gasteiger partial charge on any atom is 0.419 e. The zero-order chi connectivity index (χ0) is 26.9. The van der Waals surface area contributed by atoms with Crippen molar-refractivity contribution in [2.24, 2.45) is 0 Å². The minimum absolute atomic E-state index is 0.0929. The first kappa shape index (κ1) is 25.0. The minimum Gasteiger partial charge on any atom is -0.378 e. The fraction of sp³-hybridized carbons (Fsp3) is 0.148. The molecule has 3 heterocycles. The van der Waals surface area contributed by atoms with Crippen LogP contribution in [0.25, 0.3) is 22.6 Å². The largest absolute Gasteiger partial charge is 0.419 e. The highest BCUT2D eigenvalue weighted by Gasteiger charge is 2.35. The quantitative estimate of drug-likeness (QED) is 0.275. The molecule has 38 heavy (non-hydrogen) atoms. The monoisotopic (exact) mass is 520 g/mol. The number of pyridine rings is 1. The van der Waals surface area contributed by atoms with Gasteiger partial charge in [0.15, 0.2) is 5.65 Å². The van der Waals surface area contributed by atoms with E-state index in [1.54, 1.807) is 49.0 Å². The number of aromatic nitrogens is 4. The molecule has 0 spiro atoms. The lowest BCUT2D eigenvalue weighted by Crippen LogP contribution is -2.23. The highest BCUT2D eigenvalue weighted by atomic mass is 19.4. The van der Waals surface area contributed by atoms with Crippen molar-refractivity contribution in [1.29, 1.82) is 0 Å². The van der Waals surface area contributed by atoms with E-state index in [-0.39, 0.29) is 23.8 Å². The van der Waals surface area contributed by atoms with Crippen molar-refractivity contribution in [3.8, 4) is 16.9 Å². The van der Waals surface area contributed by atoms with Crippen LogP contribution in [0, 0.1) is 6.92 Å². The van der Waals surface area contributed by atoms with Gasteiger partial charge in [-0.05, 0) is 31.2 Å². The third kappa shape index (κ3) is 4.71. The van der Waals surface area contributed by atoms with Crippen LogP contribution in [0.3, 0.4) is 0 Å². The molecule has 194 valence electrons. The molecule has 0 fully saturated rings. The van der Waals surface area contributed by atoms with Crippen molar-refractivity contribution in [1.82, 2.24) is 19.2 Å². The van der Waals surface area contributed by atoms with Gasteiger partial charge in [-0.1, -0.05) is 48.5 Å². The van der Waals surface area contributed by atoms with Crippen molar-refractivity contribution in [3.63, 3.8) is 0 Å². The van der Waals surface area contributed by atoms with Crippen LogP contribution in [0.4, 0.5) is 29.6 Å². The van der Waals surface area contributed by atoms with Crippen molar-refractivity contribution in [3.05, 3.63) is 95.8 Å². The number of hydrogen-bond donors (Lipinski definition) is 2. The van der Waals surface area contributed by atoms with Crippen molar-refractivity contribution >= 4 is 23.3 Å². The number of methoxy groups -OCH3 is 1. The molecule has 0 atom stereocenters. The molecule has 0 aliphatic carbocycles. The Morgan fingerprint density at radius 2 is 1.61 bits per heavy atom. The zero-order valence-electron chi connectivity index (χ0n) is 20.5. The van der Waals surface area contributed by atoms with E-state index in [2.05, 4.69) is 20.7 Å². The number of anilines is 2. The minimum atomic E-state index is -4.63. The average Bonchev–Trinajstić information content (AvgIpc) is 3.42. The molecule has 0 aliphatic heterocycles. The Morgan fingerprint density at radius 1 is 0.947 bits per heavy atom. The molecule has 0 unspecified atom stereocenters. The molecule has 0 saturated heterocycles. The van der Waals surface area contributed by atoms with Gasteiger partial charge in [-0.15, -0.1) is 0 Å². The van der Waals surface area contributed by atoms with Gasteiger partial charge in [0.2, 0.25) is 0 Å². The number of para-hydroxylation sites is 1. The van der Waals surface area contributed by atoms with Crippen LogP contribution in [-0.2, 0) is 17.5 Å². The van der Waals surface area contributed by atoms with Gasteiger partial charge in [0.05, 0.1) is 23.6 Å². The van der Waals surface area contributed by atoms with Gasteiger partial charge in [-0.3, -0.25) is 15.0 Å². The third-order valence-corrected chi connectivity index (χ3v) is 5.97. The second kappa shape index (κ2) is 10.0. The van der Waals surface area contributed by atoms with Gasteiger partial charge in [0, 0.05) is 24.4 Å². The van der Waals surface area contributed by atoms with Crippen LogP contribution < -0.4 is 10.6 Å². The molecule has 8 nitrogen and oxygen atoms in total. The van der Waals surface area contributed by atoms with Gasteiger partial charge < -0.3 is 4.74 Å². The highest BCUT2D eigenvalue weighted by molar-refractivity contribution is 6.02. The number of alkyl halides is 3. The van der Waals surface area contributed by atoms with Crippen molar-refractivity contribution < 1.29 is 22.7 Å². The molecule has 0 bridgehead atoms. The van der Waals surface area contributed by atoms with Gasteiger partial charge >= 0.3 is 12.2 Å². The zero-order valence-corrected chi connectivity index (χ0v) is 20.5. The molecular formula is C27H23F3N6O2. The molecule has 0 saturated carbocycles. The van der Waals surface area contributed by atoms with E-state index in [1.807, 2.05) is 30.3 Å². The van der Waals surface area contributed by atoms with Gasteiger partial charge in [-0.2, -0.15) is 18.3 Å². The maximum absolute atomic E-state index is 13.8. The number of imidazole rings is 1. The Kier molecular flexibility index (Phi) is 6.60. The molecule has 11 heteroatoms. The van der Waals surface area contributed by atoms with E-state index >= 15 is 0 Å². The predicted octanol–water partition coefficient (Wildman–Crippen LogP) is 6.30. The van der Waals surface area contributed by atoms with Crippen molar-refractivity contribution in [2.75, 3.05) is 17.7 Å². The summed E-state index contributed by atoms with van der Waals surface area (Å²) in [6.45, 7) is 2.03. The number of rotatable bonds is 6. The van der Waals surface area contributed by atoms with E-state index in [0.29, 0.717) is 28.3 Å². The first-order chi connectivity index (χ1) is 18.3. The van der Waals surface area contributed by atoms with Gasteiger partial charge in [0.25, 0.3) is 0 Å². The molecule has 5 aromatic rings. The molecule has 2 amide bonds. The number of nitrogens with zero attached hydrogens (tertiary/aromatic N) is 4. The fourth-order valence-corrected chi connectivity index (χ4v) is 4.17. The normalized spacial score (nSPS) is 11.6. The topological polar surface area (TPSA) is 85.5 Å². The number of halogens is 3. The number of benzene rings is 2. The number of carbonyl (C=O) groups is 1. The van der Waals surface area contributed by atoms with Gasteiger partial charge in [-0.25, -0.2) is 14.5 Å². The molecule has 5 rings (SSSR count). The van der Waals surface area contributed by atoms with E-state index < -0.39 is 17.8 Å². The smallest absolute Gasteiger partial charge is 0.378 e. The molecule has 3 aromatic heterocycles. The molecule has 2 aromatic carbocycles. The molecule has 0 radical (unpaired) electrons. The lowest BCUT2D eigenvalue weighted by molar-refractivity contribution is -0.136. The highest BCUT2D eigenvalue weighted by Crippen LogP contribution is 2.36.